The smallest absolute Gasteiger partial charge is 0.339 e. The van der Waals surface area contributed by atoms with Crippen molar-refractivity contribution in [2.24, 2.45) is 5.73 Å². The van der Waals surface area contributed by atoms with Crippen molar-refractivity contribution in [1.29, 1.82) is 0 Å². The Labute approximate surface area is 164 Å². The monoisotopic (exact) mass is 398 g/mol. The van der Waals surface area contributed by atoms with E-state index < -0.39 is 11.9 Å². The van der Waals surface area contributed by atoms with Gasteiger partial charge in [-0.05, 0) is 36.8 Å². The minimum absolute atomic E-state index is 0.0632. The lowest BCUT2D eigenvalue weighted by atomic mass is 10.1. The third-order valence-electron chi connectivity index (χ3n) is 4.38. The topological polar surface area (TPSA) is 81.1 Å². The highest BCUT2D eigenvalue weighted by atomic mass is 19.4. The lowest BCUT2D eigenvalue weighted by Crippen LogP contribution is -2.09. The van der Waals surface area contributed by atoms with Crippen molar-refractivity contribution in [2.75, 3.05) is 5.32 Å². The second-order valence-corrected chi connectivity index (χ2v) is 6.56. The van der Waals surface area contributed by atoms with Gasteiger partial charge in [-0.3, -0.25) is 9.38 Å². The molecule has 1 atom stereocenters. The molecule has 0 aliphatic rings. The minimum Gasteiger partial charge on any atom is -0.339 e. The van der Waals surface area contributed by atoms with E-state index in [9.17, 15) is 13.2 Å². The van der Waals surface area contributed by atoms with Crippen molar-refractivity contribution < 1.29 is 13.2 Å². The number of aromatic nitrogens is 4. The number of nitrogens with one attached hydrogen (secondary N) is 1. The Morgan fingerprint density at radius 3 is 2.48 bits per heavy atom. The molecule has 0 aliphatic heterocycles. The highest BCUT2D eigenvalue weighted by Crippen LogP contribution is 2.36. The first-order valence-corrected chi connectivity index (χ1v) is 8.82. The molecule has 0 fully saturated rings. The van der Waals surface area contributed by atoms with E-state index in [-0.39, 0.29) is 23.1 Å². The molecule has 6 nitrogen and oxygen atoms in total. The van der Waals surface area contributed by atoms with E-state index in [1.165, 1.54) is 29.1 Å². The predicted molar refractivity (Wildman–Crippen MR) is 104 cm³/mol. The van der Waals surface area contributed by atoms with E-state index in [0.717, 1.165) is 11.3 Å². The molecule has 3 N–H and O–H groups in total. The van der Waals surface area contributed by atoms with Gasteiger partial charge >= 0.3 is 6.18 Å². The second-order valence-electron chi connectivity index (χ2n) is 6.56. The zero-order valence-electron chi connectivity index (χ0n) is 15.4. The number of fused-ring (bicyclic) bond motifs is 1. The third kappa shape index (κ3) is 3.77. The molecule has 1 aromatic carbocycles. The first kappa shape index (κ1) is 18.9. The molecule has 3 aromatic heterocycles. The highest BCUT2D eigenvalue weighted by Gasteiger charge is 2.38. The van der Waals surface area contributed by atoms with Crippen LogP contribution >= 0.6 is 0 Å². The van der Waals surface area contributed by atoms with Gasteiger partial charge in [-0.15, -0.1) is 0 Å². The molecule has 148 valence electrons. The molecule has 4 aromatic rings. The summed E-state index contributed by atoms with van der Waals surface area (Å²) in [4.78, 5) is 12.1. The molecule has 29 heavy (non-hydrogen) atoms. The number of hydrogen-bond acceptors (Lipinski definition) is 5. The van der Waals surface area contributed by atoms with Crippen LogP contribution in [0.4, 0.5) is 24.7 Å². The lowest BCUT2D eigenvalue weighted by Gasteiger charge is -2.11. The van der Waals surface area contributed by atoms with Crippen LogP contribution in [-0.4, -0.2) is 19.4 Å². The summed E-state index contributed by atoms with van der Waals surface area (Å²) in [6.07, 6.45) is -0.377. The average molecular weight is 398 g/mol. The molecule has 3 heterocycles. The fourth-order valence-electron chi connectivity index (χ4n) is 3.00. The van der Waals surface area contributed by atoms with Crippen LogP contribution in [0.3, 0.4) is 0 Å². The summed E-state index contributed by atoms with van der Waals surface area (Å²) in [5.74, 6) is 0.315. The van der Waals surface area contributed by atoms with E-state index in [0.29, 0.717) is 5.82 Å². The van der Waals surface area contributed by atoms with Crippen molar-refractivity contribution in [3.05, 3.63) is 72.3 Å². The normalized spacial score (nSPS) is 12.9. The number of benzene rings is 1. The van der Waals surface area contributed by atoms with Gasteiger partial charge in [-0.25, -0.2) is 9.97 Å². The number of rotatable bonds is 4. The Bertz CT molecular complexity index is 1150. The van der Waals surface area contributed by atoms with Gasteiger partial charge in [-0.2, -0.15) is 13.2 Å². The predicted octanol–water partition coefficient (Wildman–Crippen LogP) is 4.57. The molecule has 0 radical (unpaired) electrons. The first-order valence-electron chi connectivity index (χ1n) is 8.82. The molecular formula is C20H17F3N6. The average Bonchev–Trinajstić information content (AvgIpc) is 3.09. The van der Waals surface area contributed by atoms with Crippen LogP contribution in [0.2, 0.25) is 0 Å². The molecule has 0 bridgehead atoms. The lowest BCUT2D eigenvalue weighted by molar-refractivity contribution is -0.140. The Morgan fingerprint density at radius 1 is 1.03 bits per heavy atom. The molecule has 0 amide bonds. The van der Waals surface area contributed by atoms with Crippen molar-refractivity contribution in [3.8, 4) is 11.4 Å². The van der Waals surface area contributed by atoms with Gasteiger partial charge in [0.25, 0.3) is 0 Å². The van der Waals surface area contributed by atoms with Crippen LogP contribution in [-0.2, 0) is 6.18 Å². The van der Waals surface area contributed by atoms with Crippen LogP contribution in [0, 0.1) is 0 Å². The maximum atomic E-state index is 13.6. The van der Waals surface area contributed by atoms with Gasteiger partial charge in [-0.1, -0.05) is 18.2 Å². The van der Waals surface area contributed by atoms with Crippen LogP contribution < -0.4 is 11.1 Å². The molecule has 0 spiro atoms. The molecule has 0 saturated carbocycles. The van der Waals surface area contributed by atoms with E-state index in [2.05, 4.69) is 20.3 Å². The van der Waals surface area contributed by atoms with Crippen molar-refractivity contribution in [2.45, 2.75) is 19.1 Å². The fraction of sp³-hybridized carbons (Fsp3) is 0.150. The second kappa shape index (κ2) is 7.17. The van der Waals surface area contributed by atoms with E-state index in [4.69, 9.17) is 5.73 Å². The Kier molecular flexibility index (Phi) is 4.67. The van der Waals surface area contributed by atoms with E-state index in [1.54, 1.807) is 12.1 Å². The number of anilines is 2. The molecule has 1 unspecified atom stereocenters. The fourth-order valence-corrected chi connectivity index (χ4v) is 3.00. The van der Waals surface area contributed by atoms with E-state index in [1.807, 2.05) is 31.2 Å². The molecular weight excluding hydrogens is 381 g/mol. The van der Waals surface area contributed by atoms with Gasteiger partial charge in [0.15, 0.2) is 5.69 Å². The Morgan fingerprint density at radius 2 is 1.79 bits per heavy atom. The maximum Gasteiger partial charge on any atom is 0.435 e. The van der Waals surface area contributed by atoms with Crippen LogP contribution in [0.25, 0.3) is 17.0 Å². The van der Waals surface area contributed by atoms with Crippen molar-refractivity contribution >= 4 is 17.2 Å². The number of pyridine rings is 1. The quantitative estimate of drug-likeness (QED) is 0.526. The van der Waals surface area contributed by atoms with Crippen LogP contribution in [0.5, 0.6) is 0 Å². The number of halogens is 3. The van der Waals surface area contributed by atoms with Crippen LogP contribution in [0.15, 0.2) is 61.1 Å². The van der Waals surface area contributed by atoms with Crippen molar-refractivity contribution in [1.82, 2.24) is 19.4 Å². The zero-order chi connectivity index (χ0) is 20.6. The van der Waals surface area contributed by atoms with Crippen LogP contribution in [0.1, 0.15) is 24.2 Å². The number of hydrogen-bond donors (Lipinski definition) is 2. The zero-order valence-corrected chi connectivity index (χ0v) is 15.4. The number of nitrogens with two attached hydrogens (primary N) is 1. The number of imidazole rings is 1. The summed E-state index contributed by atoms with van der Waals surface area (Å²) in [5, 5.41) is 3.05. The molecule has 0 aliphatic carbocycles. The summed E-state index contributed by atoms with van der Waals surface area (Å²) in [6.45, 7) is 1.88. The summed E-state index contributed by atoms with van der Waals surface area (Å²) in [7, 11) is 0. The highest BCUT2D eigenvalue weighted by molar-refractivity contribution is 5.66. The number of alkyl halides is 3. The Hall–Kier alpha value is -3.46. The number of nitrogens with zero attached hydrogens (tertiary/aromatic N) is 4. The summed E-state index contributed by atoms with van der Waals surface area (Å²) >= 11 is 0. The van der Waals surface area contributed by atoms with Gasteiger partial charge in [0, 0.05) is 17.9 Å². The van der Waals surface area contributed by atoms with Gasteiger partial charge in [0.05, 0.1) is 12.4 Å². The van der Waals surface area contributed by atoms with Gasteiger partial charge in [0.2, 0.25) is 0 Å². The minimum atomic E-state index is -4.62. The molecule has 4 rings (SSSR count). The largest absolute Gasteiger partial charge is 0.435 e. The standard InChI is InChI=1S/C20H17F3N6/c1-12(24)13-5-7-14(8-6-13)26-16-11-25-10-15(27-16)18-19(20(21,22)23)28-17-4-2-3-9-29(17)18/h2-12H,24H2,1H3,(H,26,27). The summed E-state index contributed by atoms with van der Waals surface area (Å²) in [6, 6.07) is 12.1. The van der Waals surface area contributed by atoms with Gasteiger partial charge in [0.1, 0.15) is 22.9 Å². The first-order chi connectivity index (χ1) is 13.8. The maximum absolute atomic E-state index is 13.6. The van der Waals surface area contributed by atoms with E-state index >= 15 is 0 Å². The molecule has 0 saturated heterocycles. The van der Waals surface area contributed by atoms with Gasteiger partial charge < -0.3 is 11.1 Å². The SMILES string of the molecule is CC(N)c1ccc(Nc2cncc(-c3c(C(F)(F)F)nc4ccccn34)n2)cc1. The summed E-state index contributed by atoms with van der Waals surface area (Å²) in [5.41, 5.74) is 6.61. The van der Waals surface area contributed by atoms with Crippen molar-refractivity contribution in [3.63, 3.8) is 0 Å². The third-order valence-corrected chi connectivity index (χ3v) is 4.38. The Balaban J connectivity index is 1.74. The molecule has 9 heteroatoms. The summed E-state index contributed by atoms with van der Waals surface area (Å²) < 4.78 is 42.1.